The first-order valence-corrected chi connectivity index (χ1v) is 17.0. The fourth-order valence-corrected chi connectivity index (χ4v) is 6.96. The lowest BCUT2D eigenvalue weighted by molar-refractivity contribution is -0.139. The van der Waals surface area contributed by atoms with Gasteiger partial charge in [-0.3, -0.25) is 13.9 Å². The molecule has 236 valence electrons. The lowest BCUT2D eigenvalue weighted by Gasteiger charge is -2.33. The maximum Gasteiger partial charge on any atom is 0.264 e. The van der Waals surface area contributed by atoms with Crippen LogP contribution in [0.15, 0.2) is 71.6 Å². The minimum Gasteiger partial charge on any atom is -0.494 e. The molecule has 4 rings (SSSR count). The van der Waals surface area contributed by atoms with E-state index in [4.69, 9.17) is 27.9 Å². The largest absolute Gasteiger partial charge is 0.494 e. The molecule has 1 aliphatic carbocycles. The summed E-state index contributed by atoms with van der Waals surface area (Å²) in [7, 11) is -4.19. The van der Waals surface area contributed by atoms with Crippen LogP contribution < -0.4 is 14.4 Å². The predicted molar refractivity (Wildman–Crippen MR) is 175 cm³/mol. The lowest BCUT2D eigenvalue weighted by Crippen LogP contribution is -2.53. The van der Waals surface area contributed by atoms with E-state index in [1.54, 1.807) is 61.5 Å². The average Bonchev–Trinajstić information content (AvgIpc) is 3.01. The van der Waals surface area contributed by atoms with Crippen LogP contribution in [-0.2, 0) is 26.2 Å². The van der Waals surface area contributed by atoms with Gasteiger partial charge < -0.3 is 15.0 Å². The normalized spacial score (nSPS) is 14.5. The summed E-state index contributed by atoms with van der Waals surface area (Å²) in [6, 6.07) is 17.1. The summed E-state index contributed by atoms with van der Waals surface area (Å²) in [5.41, 5.74) is 1.92. The topological polar surface area (TPSA) is 96.0 Å². The summed E-state index contributed by atoms with van der Waals surface area (Å²) >= 11 is 12.4. The Morgan fingerprint density at radius 1 is 0.955 bits per heavy atom. The van der Waals surface area contributed by atoms with Gasteiger partial charge in [-0.05, 0) is 87.7 Å². The molecule has 11 heteroatoms. The van der Waals surface area contributed by atoms with Crippen LogP contribution in [0.5, 0.6) is 5.75 Å². The summed E-state index contributed by atoms with van der Waals surface area (Å²) in [5, 5.41) is 3.78. The molecule has 0 bridgehead atoms. The maximum absolute atomic E-state index is 14.2. The smallest absolute Gasteiger partial charge is 0.264 e. The standard InChI is InChI=1S/C33H39Cl2N3O5S/c1-4-43-28-15-17-29(18-16-28)44(41,42)38(27-13-10-23(2)11-14-27)22-32(39)37(21-25-12-19-30(34)31(35)20-25)24(3)33(40)36-26-8-6-5-7-9-26/h10-20,24,26H,4-9,21-22H2,1-3H3,(H,36,40). The van der Waals surface area contributed by atoms with E-state index in [9.17, 15) is 18.0 Å². The van der Waals surface area contributed by atoms with Gasteiger partial charge in [-0.2, -0.15) is 0 Å². The lowest BCUT2D eigenvalue weighted by atomic mass is 9.95. The SMILES string of the molecule is CCOc1ccc(S(=O)(=O)N(CC(=O)N(Cc2ccc(Cl)c(Cl)c2)C(C)C(=O)NC2CCCCC2)c2ccc(C)cc2)cc1. The molecule has 1 saturated carbocycles. The van der Waals surface area contributed by atoms with E-state index in [0.29, 0.717) is 33.7 Å². The molecule has 3 aromatic carbocycles. The van der Waals surface area contributed by atoms with Crippen molar-refractivity contribution in [3.63, 3.8) is 0 Å². The summed E-state index contributed by atoms with van der Waals surface area (Å²) in [5.74, 6) is -0.297. The van der Waals surface area contributed by atoms with Crippen molar-refractivity contribution in [2.24, 2.45) is 0 Å². The van der Waals surface area contributed by atoms with E-state index in [1.165, 1.54) is 17.0 Å². The zero-order chi connectivity index (χ0) is 31.9. The summed E-state index contributed by atoms with van der Waals surface area (Å²) in [4.78, 5) is 29.0. The molecule has 0 aliphatic heterocycles. The molecule has 0 spiro atoms. The van der Waals surface area contributed by atoms with E-state index in [2.05, 4.69) is 5.32 Å². The Kier molecular flexibility index (Phi) is 11.6. The molecule has 0 saturated heterocycles. The molecule has 1 aliphatic rings. The van der Waals surface area contributed by atoms with Gasteiger partial charge in [0.15, 0.2) is 0 Å². The third kappa shape index (κ3) is 8.46. The van der Waals surface area contributed by atoms with Crippen LogP contribution in [0.3, 0.4) is 0 Å². The zero-order valence-electron chi connectivity index (χ0n) is 25.3. The Morgan fingerprint density at radius 3 is 2.23 bits per heavy atom. The number of amides is 2. The molecule has 3 aromatic rings. The minimum absolute atomic E-state index is 0.00783. The van der Waals surface area contributed by atoms with Crippen molar-refractivity contribution in [3.05, 3.63) is 87.9 Å². The predicted octanol–water partition coefficient (Wildman–Crippen LogP) is 6.76. The van der Waals surface area contributed by atoms with Gasteiger partial charge in [0, 0.05) is 12.6 Å². The van der Waals surface area contributed by atoms with Gasteiger partial charge in [0.1, 0.15) is 18.3 Å². The highest BCUT2D eigenvalue weighted by molar-refractivity contribution is 7.92. The van der Waals surface area contributed by atoms with Crippen molar-refractivity contribution < 1.29 is 22.7 Å². The van der Waals surface area contributed by atoms with Crippen LogP contribution in [0.2, 0.25) is 10.0 Å². The highest BCUT2D eigenvalue weighted by Crippen LogP contribution is 2.28. The van der Waals surface area contributed by atoms with E-state index < -0.39 is 28.5 Å². The number of sulfonamides is 1. The molecule has 2 amide bonds. The van der Waals surface area contributed by atoms with Gasteiger partial charge in [0.05, 0.1) is 27.2 Å². The third-order valence-electron chi connectivity index (χ3n) is 7.78. The van der Waals surface area contributed by atoms with Crippen molar-refractivity contribution in [1.82, 2.24) is 10.2 Å². The number of carbonyl (C=O) groups excluding carboxylic acids is 2. The molecular formula is C33H39Cl2N3O5S. The van der Waals surface area contributed by atoms with E-state index in [1.807, 2.05) is 13.8 Å². The van der Waals surface area contributed by atoms with Crippen LogP contribution in [0.4, 0.5) is 5.69 Å². The van der Waals surface area contributed by atoms with Gasteiger partial charge >= 0.3 is 0 Å². The number of anilines is 1. The average molecular weight is 661 g/mol. The number of carbonyl (C=O) groups is 2. The second-order valence-corrected chi connectivity index (χ2v) is 13.7. The molecule has 1 atom stereocenters. The van der Waals surface area contributed by atoms with Gasteiger partial charge in [-0.25, -0.2) is 8.42 Å². The Labute approximate surface area is 270 Å². The highest BCUT2D eigenvalue weighted by atomic mass is 35.5. The fraction of sp³-hybridized carbons (Fsp3) is 0.394. The fourth-order valence-electron chi connectivity index (χ4n) is 5.23. The number of nitrogens with zero attached hydrogens (tertiary/aromatic N) is 2. The van der Waals surface area contributed by atoms with Crippen molar-refractivity contribution in [1.29, 1.82) is 0 Å². The highest BCUT2D eigenvalue weighted by Gasteiger charge is 2.33. The number of nitrogens with one attached hydrogen (secondary N) is 1. The Bertz CT molecular complexity index is 1540. The van der Waals surface area contributed by atoms with Gasteiger partial charge in [-0.15, -0.1) is 0 Å². The van der Waals surface area contributed by atoms with Crippen molar-refractivity contribution in [3.8, 4) is 5.75 Å². The number of rotatable bonds is 12. The van der Waals surface area contributed by atoms with Crippen molar-refractivity contribution in [2.45, 2.75) is 76.4 Å². The molecule has 8 nitrogen and oxygen atoms in total. The number of benzene rings is 3. The molecule has 0 radical (unpaired) electrons. The van der Waals surface area contributed by atoms with Gasteiger partial charge in [0.2, 0.25) is 11.8 Å². The molecular weight excluding hydrogens is 621 g/mol. The first-order chi connectivity index (χ1) is 21.0. The first kappa shape index (κ1) is 33.6. The number of ether oxygens (including phenoxy) is 1. The van der Waals surface area contributed by atoms with Crippen molar-refractivity contribution in [2.75, 3.05) is 17.5 Å². The maximum atomic E-state index is 14.2. The Hall–Kier alpha value is -3.27. The number of aryl methyl sites for hydroxylation is 1. The monoisotopic (exact) mass is 659 g/mol. The van der Waals surface area contributed by atoms with Gasteiger partial charge in [0.25, 0.3) is 10.0 Å². The van der Waals surface area contributed by atoms with Crippen LogP contribution in [0.25, 0.3) is 0 Å². The Morgan fingerprint density at radius 2 is 1.61 bits per heavy atom. The van der Waals surface area contributed by atoms with Crippen LogP contribution in [0.1, 0.15) is 57.1 Å². The van der Waals surface area contributed by atoms with Gasteiger partial charge in [-0.1, -0.05) is 66.2 Å². The molecule has 0 aromatic heterocycles. The van der Waals surface area contributed by atoms with Crippen LogP contribution >= 0.6 is 23.2 Å². The zero-order valence-corrected chi connectivity index (χ0v) is 27.6. The summed E-state index contributed by atoms with van der Waals surface area (Å²) < 4.78 is 34.7. The molecule has 1 N–H and O–H groups in total. The second kappa shape index (κ2) is 15.1. The summed E-state index contributed by atoms with van der Waals surface area (Å²) in [6.45, 7) is 5.34. The number of hydrogen-bond donors (Lipinski definition) is 1. The number of hydrogen-bond acceptors (Lipinski definition) is 5. The molecule has 0 heterocycles. The first-order valence-electron chi connectivity index (χ1n) is 14.9. The van der Waals surface area contributed by atoms with E-state index in [-0.39, 0.29) is 23.4 Å². The molecule has 1 fully saturated rings. The summed E-state index contributed by atoms with van der Waals surface area (Å²) in [6.07, 6.45) is 5.00. The van der Waals surface area contributed by atoms with Crippen LogP contribution in [0, 0.1) is 6.92 Å². The third-order valence-corrected chi connectivity index (χ3v) is 10.3. The number of halogens is 2. The van der Waals surface area contributed by atoms with Crippen molar-refractivity contribution >= 4 is 50.7 Å². The van der Waals surface area contributed by atoms with E-state index >= 15 is 0 Å². The van der Waals surface area contributed by atoms with E-state index in [0.717, 1.165) is 42.0 Å². The second-order valence-electron chi connectivity index (χ2n) is 11.0. The molecule has 1 unspecified atom stereocenters. The quantitative estimate of drug-likeness (QED) is 0.232. The van der Waals surface area contributed by atoms with Crippen LogP contribution in [-0.4, -0.2) is 50.4 Å². The minimum atomic E-state index is -4.19. The Balaban J connectivity index is 1.68. The molecule has 44 heavy (non-hydrogen) atoms.